The van der Waals surface area contributed by atoms with E-state index in [2.05, 4.69) is 13.8 Å². The Morgan fingerprint density at radius 2 is 2.19 bits per heavy atom. The fraction of sp³-hybridized carbons (Fsp3) is 0.500. The highest BCUT2D eigenvalue weighted by Gasteiger charge is 2.25. The molecule has 0 spiro atoms. The van der Waals surface area contributed by atoms with E-state index < -0.39 is 0 Å². The first-order chi connectivity index (χ1) is 10.1. The van der Waals surface area contributed by atoms with E-state index >= 15 is 0 Å². The number of carbonyl (C=O) groups excluding carboxylic acids is 1. The maximum atomic E-state index is 12.7. The minimum absolute atomic E-state index is 0.144. The first-order valence-corrected chi connectivity index (χ1v) is 9.18. The average Bonchev–Trinajstić information content (AvgIpc) is 3.06. The molecule has 0 bridgehead atoms. The van der Waals surface area contributed by atoms with Crippen LogP contribution in [0.3, 0.4) is 0 Å². The van der Waals surface area contributed by atoms with Crippen molar-refractivity contribution in [1.29, 1.82) is 0 Å². The molecule has 1 amide bonds. The van der Waals surface area contributed by atoms with Crippen molar-refractivity contribution in [2.24, 2.45) is 0 Å². The number of hydrogen-bond donors (Lipinski definition) is 0. The Hall–Kier alpha value is -1.20. The van der Waals surface area contributed by atoms with Crippen LogP contribution in [0.25, 0.3) is 0 Å². The lowest BCUT2D eigenvalue weighted by Gasteiger charge is -2.23. The summed E-state index contributed by atoms with van der Waals surface area (Å²) in [4.78, 5) is 21.8. The molecule has 5 heteroatoms. The third-order valence-electron chi connectivity index (χ3n) is 3.73. The number of anilines is 1. The van der Waals surface area contributed by atoms with Gasteiger partial charge in [-0.3, -0.25) is 9.69 Å². The van der Waals surface area contributed by atoms with Crippen molar-refractivity contribution in [2.45, 2.75) is 52.0 Å². The van der Waals surface area contributed by atoms with E-state index in [0.717, 1.165) is 22.9 Å². The Bertz CT molecular complexity index is 593. The van der Waals surface area contributed by atoms with Crippen molar-refractivity contribution in [3.63, 3.8) is 0 Å². The number of rotatable bonds is 4. The average molecular weight is 320 g/mol. The Morgan fingerprint density at radius 3 is 2.86 bits per heavy atom. The number of aryl methyl sites for hydroxylation is 2. The molecule has 2 heterocycles. The van der Waals surface area contributed by atoms with Gasteiger partial charge < -0.3 is 0 Å². The zero-order valence-corrected chi connectivity index (χ0v) is 14.1. The van der Waals surface area contributed by atoms with Crippen LogP contribution in [0.5, 0.6) is 0 Å². The van der Waals surface area contributed by atoms with Gasteiger partial charge in [0.25, 0.3) is 0 Å². The lowest BCUT2D eigenvalue weighted by Crippen LogP contribution is -2.37. The molecule has 0 aromatic carbocycles. The molecule has 21 heavy (non-hydrogen) atoms. The van der Waals surface area contributed by atoms with Crippen molar-refractivity contribution in [2.75, 3.05) is 4.90 Å². The Kier molecular flexibility index (Phi) is 4.40. The normalized spacial score (nSPS) is 14.2. The minimum Gasteiger partial charge on any atom is -0.285 e. The molecule has 1 aliphatic carbocycles. The summed E-state index contributed by atoms with van der Waals surface area (Å²) in [5.41, 5.74) is 1.22. The number of fused-ring (bicyclic) bond motifs is 1. The fourth-order valence-corrected chi connectivity index (χ4v) is 4.70. The van der Waals surface area contributed by atoms with Crippen LogP contribution in [-0.4, -0.2) is 16.9 Å². The van der Waals surface area contributed by atoms with Crippen LogP contribution in [0.4, 0.5) is 5.13 Å². The van der Waals surface area contributed by atoms with Gasteiger partial charge in [-0.1, -0.05) is 6.07 Å². The Morgan fingerprint density at radius 1 is 1.38 bits per heavy atom. The van der Waals surface area contributed by atoms with Gasteiger partial charge in [-0.2, -0.15) is 0 Å². The van der Waals surface area contributed by atoms with Gasteiger partial charge in [0.05, 0.1) is 12.1 Å². The number of thiazole rings is 1. The number of thiophene rings is 1. The molecular formula is C16H20N2OS2. The number of amides is 1. The van der Waals surface area contributed by atoms with Crippen LogP contribution < -0.4 is 4.90 Å². The largest absolute Gasteiger partial charge is 0.285 e. The zero-order chi connectivity index (χ0) is 14.8. The Balaban J connectivity index is 1.83. The predicted octanol–water partition coefficient (Wildman–Crippen LogP) is 4.07. The van der Waals surface area contributed by atoms with E-state index in [0.29, 0.717) is 6.42 Å². The molecule has 0 N–H and O–H groups in total. The lowest BCUT2D eigenvalue weighted by molar-refractivity contribution is -0.118. The van der Waals surface area contributed by atoms with Gasteiger partial charge in [0.2, 0.25) is 5.91 Å². The zero-order valence-electron chi connectivity index (χ0n) is 12.5. The highest BCUT2D eigenvalue weighted by Crippen LogP contribution is 2.33. The predicted molar refractivity (Wildman–Crippen MR) is 89.4 cm³/mol. The van der Waals surface area contributed by atoms with Crippen molar-refractivity contribution < 1.29 is 4.79 Å². The van der Waals surface area contributed by atoms with Gasteiger partial charge in [-0.05, 0) is 51.0 Å². The second kappa shape index (κ2) is 6.28. The molecule has 0 unspecified atom stereocenters. The van der Waals surface area contributed by atoms with Crippen LogP contribution >= 0.6 is 22.7 Å². The number of hydrogen-bond acceptors (Lipinski definition) is 4. The van der Waals surface area contributed by atoms with E-state index in [-0.39, 0.29) is 11.9 Å². The standard InChI is InChI=1S/C16H20N2OS2/c1-11(2)18(15(19)10-12-6-5-9-20-12)16-17-13-7-3-4-8-14(13)21-16/h5-6,9,11H,3-4,7-8,10H2,1-2H3. The van der Waals surface area contributed by atoms with Gasteiger partial charge in [-0.25, -0.2) is 4.98 Å². The molecule has 3 rings (SSSR count). The summed E-state index contributed by atoms with van der Waals surface area (Å²) in [6.45, 7) is 4.12. The van der Waals surface area contributed by atoms with Gasteiger partial charge in [0.1, 0.15) is 0 Å². The third-order valence-corrected chi connectivity index (χ3v) is 5.76. The number of aromatic nitrogens is 1. The van der Waals surface area contributed by atoms with Crippen molar-refractivity contribution in [3.8, 4) is 0 Å². The quantitative estimate of drug-likeness (QED) is 0.851. The molecule has 2 aromatic heterocycles. The molecule has 0 aliphatic heterocycles. The van der Waals surface area contributed by atoms with E-state index in [1.807, 2.05) is 22.4 Å². The summed E-state index contributed by atoms with van der Waals surface area (Å²) < 4.78 is 0. The summed E-state index contributed by atoms with van der Waals surface area (Å²) in [6.07, 6.45) is 5.13. The number of nitrogens with zero attached hydrogens (tertiary/aromatic N) is 2. The highest BCUT2D eigenvalue weighted by atomic mass is 32.1. The van der Waals surface area contributed by atoms with E-state index in [1.165, 1.54) is 23.4 Å². The van der Waals surface area contributed by atoms with E-state index in [4.69, 9.17) is 4.98 Å². The molecule has 2 aromatic rings. The van der Waals surface area contributed by atoms with E-state index in [9.17, 15) is 4.79 Å². The molecule has 0 fully saturated rings. The summed E-state index contributed by atoms with van der Waals surface area (Å²) >= 11 is 3.35. The molecule has 0 saturated carbocycles. The summed E-state index contributed by atoms with van der Waals surface area (Å²) in [7, 11) is 0. The second-order valence-corrected chi connectivity index (χ2v) is 7.78. The summed E-state index contributed by atoms with van der Waals surface area (Å²) in [5.74, 6) is 0.151. The molecule has 0 radical (unpaired) electrons. The third kappa shape index (κ3) is 3.19. The van der Waals surface area contributed by atoms with Gasteiger partial charge in [0.15, 0.2) is 5.13 Å². The summed E-state index contributed by atoms with van der Waals surface area (Å²) in [6, 6.07) is 4.16. The van der Waals surface area contributed by atoms with Crippen molar-refractivity contribution in [3.05, 3.63) is 33.0 Å². The number of carbonyl (C=O) groups is 1. The first kappa shape index (κ1) is 14.7. The van der Waals surface area contributed by atoms with Crippen LogP contribution in [0.15, 0.2) is 17.5 Å². The maximum absolute atomic E-state index is 12.7. The van der Waals surface area contributed by atoms with E-state index in [1.54, 1.807) is 22.7 Å². The smallest absolute Gasteiger partial charge is 0.234 e. The second-order valence-electron chi connectivity index (χ2n) is 5.69. The molecular weight excluding hydrogens is 300 g/mol. The van der Waals surface area contributed by atoms with Gasteiger partial charge >= 0.3 is 0 Å². The SMILES string of the molecule is CC(C)N(C(=O)Cc1cccs1)c1nc2c(s1)CCCC2. The first-order valence-electron chi connectivity index (χ1n) is 7.48. The molecule has 1 aliphatic rings. The van der Waals surface area contributed by atoms with Crippen LogP contribution in [0, 0.1) is 0 Å². The highest BCUT2D eigenvalue weighted by molar-refractivity contribution is 7.16. The van der Waals surface area contributed by atoms with Crippen molar-refractivity contribution >= 4 is 33.7 Å². The summed E-state index contributed by atoms with van der Waals surface area (Å²) in [5, 5.41) is 2.91. The maximum Gasteiger partial charge on any atom is 0.234 e. The van der Waals surface area contributed by atoms with Crippen LogP contribution in [-0.2, 0) is 24.1 Å². The van der Waals surface area contributed by atoms with Crippen LogP contribution in [0.1, 0.15) is 42.1 Å². The topological polar surface area (TPSA) is 33.2 Å². The van der Waals surface area contributed by atoms with Gasteiger partial charge in [-0.15, -0.1) is 22.7 Å². The van der Waals surface area contributed by atoms with Gasteiger partial charge in [0, 0.05) is 15.8 Å². The molecule has 3 nitrogen and oxygen atoms in total. The fourth-order valence-electron chi connectivity index (χ4n) is 2.70. The molecule has 0 atom stereocenters. The molecule has 0 saturated heterocycles. The van der Waals surface area contributed by atoms with Crippen molar-refractivity contribution in [1.82, 2.24) is 4.98 Å². The monoisotopic (exact) mass is 320 g/mol. The minimum atomic E-state index is 0.144. The Labute approximate surface area is 133 Å². The lowest BCUT2D eigenvalue weighted by atomic mass is 10.0. The molecule has 112 valence electrons. The van der Waals surface area contributed by atoms with Crippen LogP contribution in [0.2, 0.25) is 0 Å².